The summed E-state index contributed by atoms with van der Waals surface area (Å²) < 4.78 is 18.6. The van der Waals surface area contributed by atoms with Crippen molar-refractivity contribution in [3.63, 3.8) is 0 Å². The van der Waals surface area contributed by atoms with Crippen LogP contribution in [-0.4, -0.2) is 70.6 Å². The third kappa shape index (κ3) is 6.04. The fraction of sp³-hybridized carbons (Fsp3) is 0.667. The van der Waals surface area contributed by atoms with Gasteiger partial charge in [0.2, 0.25) is 5.95 Å². The zero-order valence-electron chi connectivity index (χ0n) is 13.2. The maximum atomic E-state index is 13.2. The summed E-state index contributed by atoms with van der Waals surface area (Å²) in [6.07, 6.45) is 0. The summed E-state index contributed by atoms with van der Waals surface area (Å²) in [6.45, 7) is 10.7. The van der Waals surface area contributed by atoms with Gasteiger partial charge < -0.3 is 44.3 Å². The van der Waals surface area contributed by atoms with Crippen molar-refractivity contribution in [2.24, 2.45) is 0 Å². The number of anilines is 1. The molecular weight excluding hydrogens is 342 g/mol. The maximum Gasteiger partial charge on any atom is 0.214 e. The van der Waals surface area contributed by atoms with Crippen LogP contribution in [0.1, 0.15) is 0 Å². The lowest BCUT2D eigenvalue weighted by Gasteiger charge is -2.33. The molecule has 2 aliphatic rings. The highest BCUT2D eigenvalue weighted by Gasteiger charge is 2.23. The highest BCUT2D eigenvalue weighted by Crippen LogP contribution is 2.10. The van der Waals surface area contributed by atoms with Gasteiger partial charge in [-0.05, 0) is 12.1 Å². The van der Waals surface area contributed by atoms with Gasteiger partial charge in [-0.25, -0.2) is 4.98 Å². The Bertz CT molecular complexity index is 455. The highest BCUT2D eigenvalue weighted by molar-refractivity contribution is 5.37. The summed E-state index contributed by atoms with van der Waals surface area (Å²) >= 11 is 0. The fourth-order valence-corrected chi connectivity index (χ4v) is 3.14. The molecule has 1 aromatic rings. The van der Waals surface area contributed by atoms with E-state index in [0.717, 1.165) is 58.3 Å². The zero-order chi connectivity index (χ0) is 14.5. The molecule has 0 radical (unpaired) electrons. The smallest absolute Gasteiger partial charge is 0.214 e. The highest BCUT2D eigenvalue weighted by atomic mass is 35.5. The minimum absolute atomic E-state index is 0. The molecule has 0 atom stereocenters. The molecule has 8 heteroatoms. The Morgan fingerprint density at radius 3 is 2.22 bits per heavy atom. The van der Waals surface area contributed by atoms with E-state index >= 15 is 0 Å². The first-order chi connectivity index (χ1) is 10.3. The van der Waals surface area contributed by atoms with E-state index in [1.165, 1.54) is 19.2 Å². The van der Waals surface area contributed by atoms with Crippen molar-refractivity contribution in [3.8, 4) is 0 Å². The number of hydrogen-bond donors (Lipinski definition) is 2. The van der Waals surface area contributed by atoms with Crippen molar-refractivity contribution in [3.05, 3.63) is 24.1 Å². The summed E-state index contributed by atoms with van der Waals surface area (Å²) in [6, 6.07) is 5.03. The monoisotopic (exact) mass is 366 g/mol. The van der Waals surface area contributed by atoms with E-state index in [4.69, 9.17) is 4.74 Å². The molecule has 3 heterocycles. The van der Waals surface area contributed by atoms with Gasteiger partial charge in [0.05, 0.1) is 39.4 Å². The van der Waals surface area contributed by atoms with Gasteiger partial charge in [-0.15, -0.1) is 0 Å². The normalized spacial score (nSPS) is 19.8. The van der Waals surface area contributed by atoms with Crippen LogP contribution in [0.15, 0.2) is 18.2 Å². The molecule has 23 heavy (non-hydrogen) atoms. The molecule has 0 aliphatic carbocycles. The number of halogens is 3. The molecule has 3 rings (SSSR count). The third-order valence-electron chi connectivity index (χ3n) is 4.53. The number of rotatable bonds is 4. The molecule has 0 amide bonds. The van der Waals surface area contributed by atoms with Gasteiger partial charge in [0.1, 0.15) is 32.0 Å². The molecule has 132 valence electrons. The topological polar surface area (TPSA) is 34.2 Å². The SMILES string of the molecule is Fc1cccc(N2CC[NH+](CC[NH+]3CCOCC3)CC2)n1.[Cl-].[Cl-]. The van der Waals surface area contributed by atoms with Crippen molar-refractivity contribution in [2.75, 3.05) is 70.5 Å². The number of morpholine rings is 1. The Balaban J connectivity index is 0.00000132. The number of piperazine rings is 1. The molecule has 0 saturated carbocycles. The van der Waals surface area contributed by atoms with Crippen LogP contribution in [0.4, 0.5) is 10.2 Å². The van der Waals surface area contributed by atoms with Gasteiger partial charge in [-0.2, -0.15) is 4.39 Å². The van der Waals surface area contributed by atoms with Gasteiger partial charge in [0.25, 0.3) is 0 Å². The van der Waals surface area contributed by atoms with Gasteiger partial charge >= 0.3 is 0 Å². The quantitative estimate of drug-likeness (QED) is 0.519. The third-order valence-corrected chi connectivity index (χ3v) is 4.53. The van der Waals surface area contributed by atoms with Crippen LogP contribution in [-0.2, 0) is 4.74 Å². The van der Waals surface area contributed by atoms with Crippen molar-refractivity contribution < 1.29 is 43.7 Å². The number of ether oxygens (including phenoxy) is 1. The molecule has 2 aliphatic heterocycles. The van der Waals surface area contributed by atoms with Gasteiger partial charge in [0, 0.05) is 0 Å². The summed E-state index contributed by atoms with van der Waals surface area (Å²) in [4.78, 5) is 9.49. The van der Waals surface area contributed by atoms with Crippen LogP contribution in [0.2, 0.25) is 0 Å². The number of aromatic nitrogens is 1. The molecule has 0 bridgehead atoms. The first kappa shape index (κ1) is 20.4. The second-order valence-corrected chi connectivity index (χ2v) is 5.92. The molecule has 1 aromatic heterocycles. The van der Waals surface area contributed by atoms with Crippen molar-refractivity contribution in [2.45, 2.75) is 0 Å². The van der Waals surface area contributed by atoms with Gasteiger partial charge in [-0.1, -0.05) is 6.07 Å². The van der Waals surface area contributed by atoms with Gasteiger partial charge in [0.15, 0.2) is 0 Å². The lowest BCUT2D eigenvalue weighted by Crippen LogP contribution is -3.22. The molecular formula is C15H25Cl2FN4O. The van der Waals surface area contributed by atoms with E-state index < -0.39 is 5.95 Å². The molecule has 5 nitrogen and oxygen atoms in total. The number of hydrogen-bond acceptors (Lipinski definition) is 3. The Hall–Kier alpha value is -0.660. The Morgan fingerprint density at radius 1 is 1.00 bits per heavy atom. The Morgan fingerprint density at radius 2 is 1.61 bits per heavy atom. The van der Waals surface area contributed by atoms with E-state index in [0.29, 0.717) is 0 Å². The Labute approximate surface area is 149 Å². The van der Waals surface area contributed by atoms with E-state index in [1.807, 2.05) is 6.07 Å². The molecule has 0 spiro atoms. The predicted octanol–water partition coefficient (Wildman–Crippen LogP) is -8.15. The average molecular weight is 367 g/mol. The van der Waals surface area contributed by atoms with Crippen LogP contribution < -0.4 is 39.5 Å². The van der Waals surface area contributed by atoms with Crippen molar-refractivity contribution in [1.82, 2.24) is 4.98 Å². The molecule has 0 aromatic carbocycles. The van der Waals surface area contributed by atoms with E-state index in [-0.39, 0.29) is 24.8 Å². The first-order valence-corrected chi connectivity index (χ1v) is 7.93. The number of pyridine rings is 1. The van der Waals surface area contributed by atoms with Crippen LogP contribution in [0, 0.1) is 5.95 Å². The maximum absolute atomic E-state index is 13.2. The molecule has 2 N–H and O–H groups in total. The zero-order valence-corrected chi connectivity index (χ0v) is 14.8. The lowest BCUT2D eigenvalue weighted by atomic mass is 10.3. The van der Waals surface area contributed by atoms with Gasteiger partial charge in [-0.3, -0.25) is 0 Å². The average Bonchev–Trinajstić information content (AvgIpc) is 2.54. The minimum Gasteiger partial charge on any atom is -1.00 e. The summed E-state index contributed by atoms with van der Waals surface area (Å²) in [7, 11) is 0. The van der Waals surface area contributed by atoms with E-state index in [1.54, 1.807) is 15.9 Å². The second-order valence-electron chi connectivity index (χ2n) is 5.92. The van der Waals surface area contributed by atoms with Crippen LogP contribution >= 0.6 is 0 Å². The van der Waals surface area contributed by atoms with Crippen LogP contribution in [0.5, 0.6) is 0 Å². The summed E-state index contributed by atoms with van der Waals surface area (Å²) in [5, 5.41) is 0. The van der Waals surface area contributed by atoms with Crippen molar-refractivity contribution >= 4 is 5.82 Å². The second kappa shape index (κ2) is 10.3. The number of quaternary nitrogens is 2. The lowest BCUT2D eigenvalue weighted by molar-refractivity contribution is -0.961. The van der Waals surface area contributed by atoms with Crippen LogP contribution in [0.3, 0.4) is 0 Å². The Kier molecular flexibility index (Phi) is 9.09. The first-order valence-electron chi connectivity index (χ1n) is 7.93. The summed E-state index contributed by atoms with van der Waals surface area (Å²) in [5.74, 6) is 0.381. The van der Waals surface area contributed by atoms with E-state index in [9.17, 15) is 4.39 Å². The summed E-state index contributed by atoms with van der Waals surface area (Å²) in [5.41, 5.74) is 0. The standard InChI is InChI=1S/C15H23FN4O.2ClH/c16-14-2-1-3-15(17-14)20-8-6-18(7-9-20)4-5-19-10-12-21-13-11-19;;/h1-3H,4-13H2;2*1H. The number of nitrogens with one attached hydrogen (secondary N) is 2. The van der Waals surface area contributed by atoms with E-state index in [2.05, 4.69) is 9.88 Å². The molecule has 2 saturated heterocycles. The largest absolute Gasteiger partial charge is 1.00 e. The van der Waals surface area contributed by atoms with Crippen LogP contribution in [0.25, 0.3) is 0 Å². The predicted molar refractivity (Wildman–Crippen MR) is 78.4 cm³/mol. The number of nitrogens with zero attached hydrogens (tertiary/aromatic N) is 2. The molecule has 2 fully saturated rings. The molecule has 0 unspecified atom stereocenters. The minimum atomic E-state index is -0.391. The van der Waals surface area contributed by atoms with Crippen molar-refractivity contribution in [1.29, 1.82) is 0 Å². The fourth-order valence-electron chi connectivity index (χ4n) is 3.14.